The third-order valence-corrected chi connectivity index (χ3v) is 3.32. The van der Waals surface area contributed by atoms with Crippen LogP contribution in [0.3, 0.4) is 0 Å². The minimum Gasteiger partial charge on any atom is -0.391 e. The lowest BCUT2D eigenvalue weighted by atomic mass is 10.1. The molecule has 1 aromatic rings. The lowest BCUT2D eigenvalue weighted by molar-refractivity contribution is -0.385. The summed E-state index contributed by atoms with van der Waals surface area (Å²) in [6.07, 6.45) is -0.644. The van der Waals surface area contributed by atoms with Crippen molar-refractivity contribution in [3.8, 4) is 0 Å². The van der Waals surface area contributed by atoms with Crippen LogP contribution < -0.4 is 5.32 Å². The van der Waals surface area contributed by atoms with Gasteiger partial charge in [0.1, 0.15) is 0 Å². The summed E-state index contributed by atoms with van der Waals surface area (Å²) < 4.78 is 0.316. The number of halogens is 1. The molecule has 104 valence electrons. The first kappa shape index (κ1) is 15.6. The molecular weight excluding hydrogens is 316 g/mol. The largest absolute Gasteiger partial charge is 0.391 e. The van der Waals surface area contributed by atoms with E-state index < -0.39 is 16.9 Å². The number of rotatable bonds is 5. The molecule has 0 radical (unpaired) electrons. The number of nitro benzene ring substituents is 1. The molecule has 0 fully saturated rings. The van der Waals surface area contributed by atoms with E-state index >= 15 is 0 Å². The Kier molecular flexibility index (Phi) is 5.44. The Morgan fingerprint density at radius 2 is 2.16 bits per heavy atom. The van der Waals surface area contributed by atoms with Gasteiger partial charge in [0, 0.05) is 18.2 Å². The molecule has 0 aliphatic rings. The number of carbonyl (C=O) groups excluding carboxylic acids is 1. The Hall–Kier alpha value is -1.47. The van der Waals surface area contributed by atoms with Crippen LogP contribution >= 0.6 is 15.9 Å². The third kappa shape index (κ3) is 4.29. The van der Waals surface area contributed by atoms with E-state index in [1.54, 1.807) is 0 Å². The predicted molar refractivity (Wildman–Crippen MR) is 74.0 cm³/mol. The highest BCUT2D eigenvalue weighted by molar-refractivity contribution is 9.10. The molecule has 1 atom stereocenters. The summed E-state index contributed by atoms with van der Waals surface area (Å²) in [5.41, 5.74) is 0.0166. The highest BCUT2D eigenvalue weighted by Crippen LogP contribution is 2.25. The van der Waals surface area contributed by atoms with Crippen molar-refractivity contribution in [2.24, 2.45) is 5.92 Å². The van der Waals surface area contributed by atoms with Crippen molar-refractivity contribution in [3.05, 3.63) is 38.3 Å². The molecular formula is C12H15BrN2O4. The van der Waals surface area contributed by atoms with Crippen molar-refractivity contribution in [1.29, 1.82) is 0 Å². The van der Waals surface area contributed by atoms with Gasteiger partial charge in [-0.2, -0.15) is 0 Å². The summed E-state index contributed by atoms with van der Waals surface area (Å²) >= 11 is 3.05. The maximum Gasteiger partial charge on any atom is 0.284 e. The van der Waals surface area contributed by atoms with Crippen LogP contribution in [0.15, 0.2) is 22.7 Å². The summed E-state index contributed by atoms with van der Waals surface area (Å²) in [6.45, 7) is 3.78. The molecule has 0 bridgehead atoms. The number of hydrogen-bond acceptors (Lipinski definition) is 4. The molecule has 19 heavy (non-hydrogen) atoms. The quantitative estimate of drug-likeness (QED) is 0.638. The molecule has 1 unspecified atom stereocenters. The van der Waals surface area contributed by atoms with Crippen LogP contribution in [-0.2, 0) is 0 Å². The van der Waals surface area contributed by atoms with Crippen molar-refractivity contribution < 1.29 is 14.8 Å². The van der Waals surface area contributed by atoms with Crippen LogP contribution in [-0.4, -0.2) is 28.6 Å². The van der Waals surface area contributed by atoms with Crippen LogP contribution in [0.2, 0.25) is 0 Å². The molecule has 1 rings (SSSR count). The van der Waals surface area contributed by atoms with E-state index in [0.29, 0.717) is 4.47 Å². The summed E-state index contributed by atoms with van der Waals surface area (Å²) in [4.78, 5) is 22.0. The van der Waals surface area contributed by atoms with Gasteiger partial charge < -0.3 is 10.4 Å². The zero-order valence-electron chi connectivity index (χ0n) is 10.6. The Morgan fingerprint density at radius 1 is 1.53 bits per heavy atom. The highest BCUT2D eigenvalue weighted by Gasteiger charge is 2.17. The summed E-state index contributed by atoms with van der Waals surface area (Å²) in [6, 6.07) is 4.13. The Bertz CT molecular complexity index is 491. The van der Waals surface area contributed by atoms with Crippen molar-refractivity contribution in [2.75, 3.05) is 6.54 Å². The minimum atomic E-state index is -0.644. The average Bonchev–Trinajstić information content (AvgIpc) is 2.35. The van der Waals surface area contributed by atoms with E-state index in [-0.39, 0.29) is 23.7 Å². The van der Waals surface area contributed by atoms with E-state index in [0.717, 1.165) is 0 Å². The minimum absolute atomic E-state index is 0.0274. The lowest BCUT2D eigenvalue weighted by Gasteiger charge is -2.15. The average molecular weight is 331 g/mol. The fraction of sp³-hybridized carbons (Fsp3) is 0.417. The van der Waals surface area contributed by atoms with E-state index in [1.807, 2.05) is 13.8 Å². The summed E-state index contributed by atoms with van der Waals surface area (Å²) in [5, 5.41) is 22.9. The smallest absolute Gasteiger partial charge is 0.284 e. The molecule has 0 aromatic heterocycles. The van der Waals surface area contributed by atoms with Crippen LogP contribution in [0.25, 0.3) is 0 Å². The van der Waals surface area contributed by atoms with E-state index in [4.69, 9.17) is 0 Å². The molecule has 2 N–H and O–H groups in total. The fourth-order valence-corrected chi connectivity index (χ4v) is 1.72. The third-order valence-electron chi connectivity index (χ3n) is 2.65. The zero-order valence-corrected chi connectivity index (χ0v) is 12.2. The van der Waals surface area contributed by atoms with Crippen LogP contribution in [0.4, 0.5) is 5.69 Å². The van der Waals surface area contributed by atoms with Crippen LogP contribution in [0, 0.1) is 16.0 Å². The number of nitrogens with one attached hydrogen (secondary N) is 1. The van der Waals surface area contributed by atoms with Crippen molar-refractivity contribution in [3.63, 3.8) is 0 Å². The number of aliphatic hydroxyl groups excluding tert-OH is 1. The second-order valence-corrected chi connectivity index (χ2v) is 5.30. The van der Waals surface area contributed by atoms with E-state index in [9.17, 15) is 20.0 Å². The lowest BCUT2D eigenvalue weighted by Crippen LogP contribution is -2.34. The monoisotopic (exact) mass is 330 g/mol. The molecule has 0 aliphatic carbocycles. The van der Waals surface area contributed by atoms with Crippen LogP contribution in [0.1, 0.15) is 24.2 Å². The van der Waals surface area contributed by atoms with Gasteiger partial charge in [-0.05, 0) is 34.0 Å². The van der Waals surface area contributed by atoms with Gasteiger partial charge in [0.15, 0.2) is 0 Å². The molecule has 0 heterocycles. The Morgan fingerprint density at radius 3 is 2.68 bits per heavy atom. The van der Waals surface area contributed by atoms with Gasteiger partial charge in [-0.25, -0.2) is 0 Å². The van der Waals surface area contributed by atoms with Gasteiger partial charge in [0.05, 0.1) is 15.5 Å². The first-order valence-electron chi connectivity index (χ1n) is 5.73. The summed E-state index contributed by atoms with van der Waals surface area (Å²) in [7, 11) is 0. The predicted octanol–water partition coefficient (Wildman–Crippen LogP) is 2.10. The van der Waals surface area contributed by atoms with Gasteiger partial charge in [-0.1, -0.05) is 13.8 Å². The molecule has 0 spiro atoms. The molecule has 0 aliphatic heterocycles. The normalized spacial score (nSPS) is 12.3. The Labute approximate surface area is 119 Å². The second-order valence-electron chi connectivity index (χ2n) is 4.44. The molecule has 7 heteroatoms. The maximum atomic E-state index is 11.8. The number of carbonyl (C=O) groups is 1. The van der Waals surface area contributed by atoms with Gasteiger partial charge >= 0.3 is 0 Å². The van der Waals surface area contributed by atoms with Gasteiger partial charge in [0.2, 0.25) is 0 Å². The van der Waals surface area contributed by atoms with Crippen molar-refractivity contribution in [2.45, 2.75) is 20.0 Å². The van der Waals surface area contributed by atoms with E-state index in [2.05, 4.69) is 21.2 Å². The molecule has 1 aromatic carbocycles. The van der Waals surface area contributed by atoms with Gasteiger partial charge in [-0.3, -0.25) is 14.9 Å². The standard InChI is InChI=1S/C12H15BrN2O4/c1-7(2)11(16)6-14-12(17)8-3-4-9(13)10(5-8)15(18)19/h3-5,7,11,16H,6H2,1-2H3,(H,14,17). The summed E-state index contributed by atoms with van der Waals surface area (Å²) in [5.74, 6) is -0.421. The number of aliphatic hydroxyl groups is 1. The first-order valence-corrected chi connectivity index (χ1v) is 6.52. The first-order chi connectivity index (χ1) is 8.82. The highest BCUT2D eigenvalue weighted by atomic mass is 79.9. The number of hydrogen-bond donors (Lipinski definition) is 2. The number of benzene rings is 1. The van der Waals surface area contributed by atoms with Gasteiger partial charge in [0.25, 0.3) is 11.6 Å². The fourth-order valence-electron chi connectivity index (χ4n) is 1.33. The zero-order chi connectivity index (χ0) is 14.6. The number of amides is 1. The van der Waals surface area contributed by atoms with Gasteiger partial charge in [-0.15, -0.1) is 0 Å². The Balaban J connectivity index is 2.78. The maximum absolute atomic E-state index is 11.8. The molecule has 1 amide bonds. The van der Waals surface area contributed by atoms with Crippen LogP contribution in [0.5, 0.6) is 0 Å². The second kappa shape index (κ2) is 6.63. The molecule has 0 saturated heterocycles. The van der Waals surface area contributed by atoms with Crippen molar-refractivity contribution >= 4 is 27.5 Å². The number of nitro groups is 1. The SMILES string of the molecule is CC(C)C(O)CNC(=O)c1ccc(Br)c([N+](=O)[O-])c1. The molecule has 0 saturated carbocycles. The molecule has 6 nitrogen and oxygen atoms in total. The topological polar surface area (TPSA) is 92.5 Å². The van der Waals surface area contributed by atoms with E-state index in [1.165, 1.54) is 18.2 Å². The van der Waals surface area contributed by atoms with Crippen molar-refractivity contribution in [1.82, 2.24) is 5.32 Å². The number of nitrogens with zero attached hydrogens (tertiary/aromatic N) is 1.